The van der Waals surface area contributed by atoms with E-state index in [0.29, 0.717) is 6.42 Å². The highest BCUT2D eigenvalue weighted by atomic mass is 16.1. The summed E-state index contributed by atoms with van der Waals surface area (Å²) >= 11 is 0. The molecule has 0 aromatic heterocycles. The SMILES string of the molecule is CCCCC/C=C\C/C=C\CCCCCCCCCC(=O)NCCCCC. The molecule has 0 aromatic rings. The van der Waals surface area contributed by atoms with E-state index in [4.69, 9.17) is 0 Å². The van der Waals surface area contributed by atoms with E-state index in [1.165, 1.54) is 83.5 Å². The van der Waals surface area contributed by atoms with Crippen LogP contribution in [-0.2, 0) is 4.79 Å². The molecule has 0 aliphatic carbocycles. The largest absolute Gasteiger partial charge is 0.356 e. The normalized spacial score (nSPS) is 11.6. The zero-order chi connectivity index (χ0) is 19.8. The first-order valence-electron chi connectivity index (χ1n) is 11.9. The molecule has 0 aromatic carbocycles. The molecule has 0 radical (unpaired) electrons. The second kappa shape index (κ2) is 23.0. The van der Waals surface area contributed by atoms with Crippen LogP contribution in [0, 0.1) is 0 Å². The van der Waals surface area contributed by atoms with E-state index in [-0.39, 0.29) is 5.91 Å². The van der Waals surface area contributed by atoms with Gasteiger partial charge in [-0.1, -0.05) is 95.9 Å². The van der Waals surface area contributed by atoms with Gasteiger partial charge in [-0.05, 0) is 44.9 Å². The number of hydrogen-bond donors (Lipinski definition) is 1. The van der Waals surface area contributed by atoms with Gasteiger partial charge in [0.2, 0.25) is 5.91 Å². The predicted molar refractivity (Wildman–Crippen MR) is 121 cm³/mol. The zero-order valence-corrected chi connectivity index (χ0v) is 18.4. The summed E-state index contributed by atoms with van der Waals surface area (Å²) in [6, 6.07) is 0. The minimum atomic E-state index is 0.244. The third kappa shape index (κ3) is 22.9. The maximum absolute atomic E-state index is 11.6. The van der Waals surface area contributed by atoms with Crippen LogP contribution in [-0.4, -0.2) is 12.5 Å². The molecule has 0 aliphatic heterocycles. The van der Waals surface area contributed by atoms with Crippen LogP contribution >= 0.6 is 0 Å². The van der Waals surface area contributed by atoms with E-state index >= 15 is 0 Å². The molecule has 0 bridgehead atoms. The molecule has 0 heterocycles. The third-order valence-electron chi connectivity index (χ3n) is 4.96. The summed E-state index contributed by atoms with van der Waals surface area (Å²) in [5.74, 6) is 0.244. The average Bonchev–Trinajstić information content (AvgIpc) is 2.67. The van der Waals surface area contributed by atoms with Crippen molar-refractivity contribution in [3.8, 4) is 0 Å². The van der Waals surface area contributed by atoms with Crippen LogP contribution in [0.15, 0.2) is 24.3 Å². The lowest BCUT2D eigenvalue weighted by atomic mass is 10.1. The number of hydrogen-bond acceptors (Lipinski definition) is 1. The van der Waals surface area contributed by atoms with Crippen LogP contribution < -0.4 is 5.32 Å². The highest BCUT2D eigenvalue weighted by Crippen LogP contribution is 2.10. The molecule has 2 nitrogen and oxygen atoms in total. The van der Waals surface area contributed by atoms with Crippen LogP contribution in [0.2, 0.25) is 0 Å². The van der Waals surface area contributed by atoms with Crippen LogP contribution in [0.5, 0.6) is 0 Å². The fraction of sp³-hybridized carbons (Fsp3) is 0.800. The Bertz CT molecular complexity index is 359. The summed E-state index contributed by atoms with van der Waals surface area (Å²) < 4.78 is 0. The zero-order valence-electron chi connectivity index (χ0n) is 18.4. The standard InChI is InChI=1S/C25H47NO/c1-3-5-7-8-9-10-11-12-13-14-15-16-17-18-19-20-21-23-25(27)26-24-22-6-4-2/h9-10,12-13H,3-8,11,14-24H2,1-2H3,(H,26,27)/b10-9-,13-12-. The van der Waals surface area contributed by atoms with E-state index < -0.39 is 0 Å². The molecule has 0 aliphatic rings. The second-order valence-electron chi connectivity index (χ2n) is 7.74. The van der Waals surface area contributed by atoms with Crippen molar-refractivity contribution in [1.82, 2.24) is 5.32 Å². The van der Waals surface area contributed by atoms with Crippen molar-refractivity contribution in [2.24, 2.45) is 0 Å². The van der Waals surface area contributed by atoms with Crippen molar-refractivity contribution in [2.75, 3.05) is 6.54 Å². The minimum absolute atomic E-state index is 0.244. The van der Waals surface area contributed by atoms with Crippen molar-refractivity contribution in [3.63, 3.8) is 0 Å². The number of allylic oxidation sites excluding steroid dienone is 4. The maximum atomic E-state index is 11.6. The van der Waals surface area contributed by atoms with Crippen molar-refractivity contribution in [3.05, 3.63) is 24.3 Å². The monoisotopic (exact) mass is 377 g/mol. The molecular formula is C25H47NO. The third-order valence-corrected chi connectivity index (χ3v) is 4.96. The summed E-state index contributed by atoms with van der Waals surface area (Å²) in [5.41, 5.74) is 0. The van der Waals surface area contributed by atoms with Gasteiger partial charge in [0.1, 0.15) is 0 Å². The van der Waals surface area contributed by atoms with Crippen LogP contribution in [0.1, 0.15) is 123 Å². The van der Waals surface area contributed by atoms with Gasteiger partial charge < -0.3 is 5.32 Å². The number of carbonyl (C=O) groups excluding carboxylic acids is 1. The van der Waals surface area contributed by atoms with Gasteiger partial charge in [0.05, 0.1) is 0 Å². The lowest BCUT2D eigenvalue weighted by Gasteiger charge is -2.04. The van der Waals surface area contributed by atoms with Gasteiger partial charge >= 0.3 is 0 Å². The molecule has 0 saturated heterocycles. The molecule has 0 saturated carbocycles. The van der Waals surface area contributed by atoms with Gasteiger partial charge in [-0.3, -0.25) is 4.79 Å². The number of amides is 1. The Morgan fingerprint density at radius 3 is 1.78 bits per heavy atom. The van der Waals surface area contributed by atoms with Crippen molar-refractivity contribution in [2.45, 2.75) is 123 Å². The van der Waals surface area contributed by atoms with E-state index in [2.05, 4.69) is 43.5 Å². The molecule has 0 spiro atoms. The second-order valence-corrected chi connectivity index (χ2v) is 7.74. The van der Waals surface area contributed by atoms with Crippen molar-refractivity contribution < 1.29 is 4.79 Å². The molecule has 0 atom stereocenters. The smallest absolute Gasteiger partial charge is 0.219 e. The highest BCUT2D eigenvalue weighted by molar-refractivity contribution is 5.75. The fourth-order valence-corrected chi connectivity index (χ4v) is 3.14. The van der Waals surface area contributed by atoms with E-state index in [9.17, 15) is 4.79 Å². The van der Waals surface area contributed by atoms with Gasteiger partial charge in [-0.25, -0.2) is 0 Å². The Morgan fingerprint density at radius 1 is 0.630 bits per heavy atom. The first kappa shape index (κ1) is 26.0. The first-order valence-corrected chi connectivity index (χ1v) is 11.9. The van der Waals surface area contributed by atoms with Crippen molar-refractivity contribution in [1.29, 1.82) is 0 Å². The quantitative estimate of drug-likeness (QED) is 0.170. The maximum Gasteiger partial charge on any atom is 0.219 e. The summed E-state index contributed by atoms with van der Waals surface area (Å²) in [6.45, 7) is 5.30. The Hall–Kier alpha value is -1.05. The van der Waals surface area contributed by atoms with Gasteiger partial charge in [0.15, 0.2) is 0 Å². The molecule has 0 unspecified atom stereocenters. The number of rotatable bonds is 20. The Morgan fingerprint density at radius 2 is 1.15 bits per heavy atom. The first-order chi connectivity index (χ1) is 13.3. The van der Waals surface area contributed by atoms with Gasteiger partial charge in [-0.15, -0.1) is 0 Å². The molecule has 1 amide bonds. The van der Waals surface area contributed by atoms with E-state index in [1.54, 1.807) is 0 Å². The summed E-state index contributed by atoms with van der Waals surface area (Å²) in [5, 5.41) is 3.02. The molecule has 1 N–H and O–H groups in total. The topological polar surface area (TPSA) is 29.1 Å². The summed E-state index contributed by atoms with van der Waals surface area (Å²) in [6.07, 6.45) is 30.0. The average molecular weight is 378 g/mol. The Kier molecular flexibility index (Phi) is 22.1. The fourth-order valence-electron chi connectivity index (χ4n) is 3.14. The molecule has 27 heavy (non-hydrogen) atoms. The Labute approximate surface area is 170 Å². The number of carbonyl (C=O) groups is 1. The minimum Gasteiger partial charge on any atom is -0.356 e. The van der Waals surface area contributed by atoms with E-state index in [0.717, 1.165) is 25.8 Å². The van der Waals surface area contributed by atoms with Crippen LogP contribution in [0.4, 0.5) is 0 Å². The van der Waals surface area contributed by atoms with Gasteiger partial charge in [0, 0.05) is 13.0 Å². The molecule has 2 heteroatoms. The summed E-state index contributed by atoms with van der Waals surface area (Å²) in [4.78, 5) is 11.6. The summed E-state index contributed by atoms with van der Waals surface area (Å²) in [7, 11) is 0. The molecular weight excluding hydrogens is 330 g/mol. The van der Waals surface area contributed by atoms with E-state index in [1.807, 2.05) is 0 Å². The van der Waals surface area contributed by atoms with Gasteiger partial charge in [0.25, 0.3) is 0 Å². The highest BCUT2D eigenvalue weighted by Gasteiger charge is 2.00. The number of unbranched alkanes of at least 4 members (excludes halogenated alkanes) is 12. The van der Waals surface area contributed by atoms with Crippen LogP contribution in [0.25, 0.3) is 0 Å². The van der Waals surface area contributed by atoms with Gasteiger partial charge in [-0.2, -0.15) is 0 Å². The molecule has 158 valence electrons. The Balaban J connectivity index is 3.22. The number of nitrogens with one attached hydrogen (secondary N) is 1. The lowest BCUT2D eigenvalue weighted by Crippen LogP contribution is -2.23. The molecule has 0 fully saturated rings. The van der Waals surface area contributed by atoms with Crippen molar-refractivity contribution >= 4 is 5.91 Å². The molecule has 0 rings (SSSR count). The lowest BCUT2D eigenvalue weighted by molar-refractivity contribution is -0.121. The van der Waals surface area contributed by atoms with Crippen LogP contribution in [0.3, 0.4) is 0 Å². The predicted octanol–water partition coefficient (Wildman–Crippen LogP) is 7.89.